The van der Waals surface area contributed by atoms with Gasteiger partial charge in [-0.25, -0.2) is 0 Å². The lowest BCUT2D eigenvalue weighted by Crippen LogP contribution is -2.33. The van der Waals surface area contributed by atoms with E-state index in [0.29, 0.717) is 0 Å². The van der Waals surface area contributed by atoms with Crippen molar-refractivity contribution in [2.24, 2.45) is 10.9 Å². The van der Waals surface area contributed by atoms with E-state index in [-0.39, 0.29) is 11.9 Å². The first-order valence-electron chi connectivity index (χ1n) is 8.92. The molecular weight excluding hydrogens is 338 g/mol. The van der Waals surface area contributed by atoms with Gasteiger partial charge in [-0.15, -0.1) is 0 Å². The van der Waals surface area contributed by atoms with Crippen molar-refractivity contribution >= 4 is 28.2 Å². The number of carbonyl (C=O) groups excluding carboxylic acids is 1. The minimum absolute atomic E-state index is 0.199. The summed E-state index contributed by atoms with van der Waals surface area (Å²) in [6.07, 6.45) is 5.56. The number of methoxy groups -OCH3 is 1. The van der Waals surface area contributed by atoms with Gasteiger partial charge in [0.15, 0.2) is 0 Å². The largest absolute Gasteiger partial charge is 0.468 e. The van der Waals surface area contributed by atoms with E-state index in [9.17, 15) is 4.79 Å². The molecule has 1 aromatic carbocycles. The molecule has 136 valence electrons. The lowest BCUT2D eigenvalue weighted by atomic mass is 9.73. The Kier molecular flexibility index (Phi) is 4.36. The summed E-state index contributed by atoms with van der Waals surface area (Å²) in [5.74, 6) is -0.955. The molecule has 2 atom stereocenters. The van der Waals surface area contributed by atoms with E-state index in [4.69, 9.17) is 4.74 Å². The van der Waals surface area contributed by atoms with Gasteiger partial charge in [0.25, 0.3) is 0 Å². The molecule has 1 aliphatic rings. The van der Waals surface area contributed by atoms with Crippen LogP contribution >= 0.6 is 0 Å². The van der Waals surface area contributed by atoms with Gasteiger partial charge in [0.2, 0.25) is 0 Å². The topological polar surface area (TPSA) is 67.3 Å². The molecular formula is C22H21N3O2. The molecule has 0 radical (unpaired) electrons. The molecule has 3 aromatic rings. The highest BCUT2D eigenvalue weighted by Crippen LogP contribution is 2.46. The number of nitrogens with zero attached hydrogens (tertiary/aromatic N) is 2. The first-order chi connectivity index (χ1) is 13.1. The van der Waals surface area contributed by atoms with Crippen LogP contribution in [0.3, 0.4) is 0 Å². The second-order valence-corrected chi connectivity index (χ2v) is 6.76. The molecule has 5 heteroatoms. The fourth-order valence-corrected chi connectivity index (χ4v) is 4.06. The van der Waals surface area contributed by atoms with Crippen molar-refractivity contribution in [3.63, 3.8) is 0 Å². The van der Waals surface area contributed by atoms with Gasteiger partial charge < -0.3 is 9.72 Å². The number of ether oxygens (including phenoxy) is 1. The average molecular weight is 359 g/mol. The van der Waals surface area contributed by atoms with Gasteiger partial charge in [-0.3, -0.25) is 14.8 Å². The Morgan fingerprint density at radius 3 is 2.70 bits per heavy atom. The third kappa shape index (κ3) is 2.85. The molecule has 2 aromatic heterocycles. The molecule has 0 bridgehead atoms. The number of aromatic amines is 1. The molecule has 3 heterocycles. The van der Waals surface area contributed by atoms with Crippen molar-refractivity contribution in [1.29, 1.82) is 0 Å². The Balaban J connectivity index is 1.99. The van der Waals surface area contributed by atoms with Gasteiger partial charge in [-0.2, -0.15) is 0 Å². The number of carbonyl (C=O) groups is 1. The summed E-state index contributed by atoms with van der Waals surface area (Å²) in [5, 5.41) is 1.10. The van der Waals surface area contributed by atoms with Crippen LogP contribution in [0.4, 0.5) is 0 Å². The highest BCUT2D eigenvalue weighted by Gasteiger charge is 2.40. The lowest BCUT2D eigenvalue weighted by molar-refractivity contribution is -0.143. The van der Waals surface area contributed by atoms with Crippen molar-refractivity contribution < 1.29 is 9.53 Å². The predicted molar refractivity (Wildman–Crippen MR) is 106 cm³/mol. The van der Waals surface area contributed by atoms with Crippen LogP contribution in [0.5, 0.6) is 0 Å². The number of esters is 1. The zero-order chi connectivity index (χ0) is 19.0. The number of H-pyrrole nitrogens is 1. The number of hydrogen-bond acceptors (Lipinski definition) is 4. The molecule has 0 fully saturated rings. The van der Waals surface area contributed by atoms with Crippen LogP contribution in [0.25, 0.3) is 16.5 Å². The maximum Gasteiger partial charge on any atom is 0.315 e. The predicted octanol–water partition coefficient (Wildman–Crippen LogP) is 4.34. The van der Waals surface area contributed by atoms with Gasteiger partial charge in [-0.05, 0) is 42.7 Å². The fraction of sp³-hybridized carbons (Fsp3) is 0.227. The minimum atomic E-state index is -0.479. The molecule has 5 nitrogen and oxygen atoms in total. The van der Waals surface area contributed by atoms with Gasteiger partial charge >= 0.3 is 5.97 Å². The Labute approximate surface area is 157 Å². The molecule has 2 unspecified atom stereocenters. The van der Waals surface area contributed by atoms with E-state index in [1.54, 1.807) is 6.20 Å². The number of hydrogen-bond donors (Lipinski definition) is 1. The monoisotopic (exact) mass is 359 g/mol. The molecule has 1 aliphatic heterocycles. The first-order valence-corrected chi connectivity index (χ1v) is 8.92. The van der Waals surface area contributed by atoms with Crippen molar-refractivity contribution in [1.82, 2.24) is 9.97 Å². The summed E-state index contributed by atoms with van der Waals surface area (Å²) in [4.78, 5) is 25.0. The molecule has 0 aliphatic carbocycles. The van der Waals surface area contributed by atoms with Crippen LogP contribution in [0.1, 0.15) is 30.9 Å². The molecule has 1 N–H and O–H groups in total. The number of nitrogens with one attached hydrogen (secondary N) is 1. The zero-order valence-electron chi connectivity index (χ0n) is 15.6. The number of aliphatic imine (C=N–C) groups is 1. The van der Waals surface area contributed by atoms with Gasteiger partial charge in [0.1, 0.15) is 5.92 Å². The number of pyridine rings is 1. The van der Waals surface area contributed by atoms with Gasteiger partial charge in [-0.1, -0.05) is 24.3 Å². The maximum atomic E-state index is 12.8. The number of para-hydroxylation sites is 1. The van der Waals surface area contributed by atoms with Crippen molar-refractivity contribution in [3.05, 3.63) is 71.8 Å². The lowest BCUT2D eigenvalue weighted by Gasteiger charge is -2.32. The first kappa shape index (κ1) is 17.2. The third-order valence-electron chi connectivity index (χ3n) is 5.21. The van der Waals surface area contributed by atoms with Crippen molar-refractivity contribution in [2.75, 3.05) is 7.11 Å². The van der Waals surface area contributed by atoms with Crippen molar-refractivity contribution in [3.8, 4) is 0 Å². The van der Waals surface area contributed by atoms with E-state index in [2.05, 4.69) is 21.0 Å². The fourth-order valence-electron chi connectivity index (χ4n) is 4.06. The van der Waals surface area contributed by atoms with Crippen LogP contribution < -0.4 is 0 Å². The smallest absolute Gasteiger partial charge is 0.315 e. The Morgan fingerprint density at radius 2 is 1.96 bits per heavy atom. The van der Waals surface area contributed by atoms with Crippen LogP contribution in [-0.4, -0.2) is 28.8 Å². The summed E-state index contributed by atoms with van der Waals surface area (Å²) in [5.41, 5.74) is 5.75. The molecule has 0 saturated heterocycles. The van der Waals surface area contributed by atoms with E-state index in [1.807, 2.05) is 56.6 Å². The quantitative estimate of drug-likeness (QED) is 0.707. The van der Waals surface area contributed by atoms with E-state index in [1.165, 1.54) is 7.11 Å². The Morgan fingerprint density at radius 1 is 1.15 bits per heavy atom. The minimum Gasteiger partial charge on any atom is -0.468 e. The zero-order valence-corrected chi connectivity index (χ0v) is 15.6. The molecule has 27 heavy (non-hydrogen) atoms. The summed E-state index contributed by atoms with van der Waals surface area (Å²) in [7, 11) is 1.43. The van der Waals surface area contributed by atoms with E-state index in [0.717, 1.165) is 39.0 Å². The highest BCUT2D eigenvalue weighted by molar-refractivity contribution is 6.07. The molecule has 0 saturated carbocycles. The van der Waals surface area contributed by atoms with Crippen LogP contribution in [-0.2, 0) is 9.53 Å². The number of fused-ring (bicyclic) bond motifs is 1. The summed E-state index contributed by atoms with van der Waals surface area (Å²) >= 11 is 0. The van der Waals surface area contributed by atoms with Crippen LogP contribution in [0, 0.1) is 5.92 Å². The average Bonchev–Trinajstić information content (AvgIpc) is 3.11. The maximum absolute atomic E-state index is 12.8. The van der Waals surface area contributed by atoms with E-state index >= 15 is 0 Å². The summed E-state index contributed by atoms with van der Waals surface area (Å²) in [6.45, 7) is 3.88. The third-order valence-corrected chi connectivity index (χ3v) is 5.21. The molecule has 4 rings (SSSR count). The normalized spacial score (nSPS) is 19.9. The number of rotatable bonds is 3. The summed E-state index contributed by atoms with van der Waals surface area (Å²) < 4.78 is 5.15. The summed E-state index contributed by atoms with van der Waals surface area (Å²) in [6, 6.07) is 12.0. The van der Waals surface area contributed by atoms with Gasteiger partial charge in [0.05, 0.1) is 7.11 Å². The Bertz CT molecular complexity index is 1060. The number of benzene rings is 1. The number of allylic oxidation sites excluding steroid dienone is 2. The standard InChI is InChI=1S/C22H21N3O2/c1-13-19(15-7-6-10-23-11-15)21(20(14(2)25-13)22(26)27-3)17-12-24-18-9-5-4-8-16(17)18/h4-12,20-21,24H,1-3H3. The molecule has 0 amide bonds. The second-order valence-electron chi connectivity index (χ2n) is 6.76. The highest BCUT2D eigenvalue weighted by atomic mass is 16.5. The second kappa shape index (κ2) is 6.83. The Hall–Kier alpha value is -3.21. The van der Waals surface area contributed by atoms with E-state index < -0.39 is 5.92 Å². The van der Waals surface area contributed by atoms with Gasteiger partial charge in [0, 0.05) is 46.8 Å². The van der Waals surface area contributed by atoms with Crippen LogP contribution in [0.15, 0.2) is 65.7 Å². The van der Waals surface area contributed by atoms with Crippen LogP contribution in [0.2, 0.25) is 0 Å². The SMILES string of the molecule is COC(=O)C1C(C)=NC(C)=C(c2cccnc2)C1c1c[nH]c2ccccc12. The van der Waals surface area contributed by atoms with Crippen molar-refractivity contribution in [2.45, 2.75) is 19.8 Å². The number of aromatic nitrogens is 2. The molecule has 0 spiro atoms.